The van der Waals surface area contributed by atoms with Crippen LogP contribution in [0.5, 0.6) is 0 Å². The van der Waals surface area contributed by atoms with E-state index in [1.165, 1.54) is 0 Å². The number of hydrogen-bond donors (Lipinski definition) is 1. The number of anilines is 1. The van der Waals surface area contributed by atoms with E-state index in [2.05, 4.69) is 34.6 Å². The van der Waals surface area contributed by atoms with Crippen molar-refractivity contribution in [2.75, 3.05) is 52.3 Å². The van der Waals surface area contributed by atoms with Crippen LogP contribution in [0.1, 0.15) is 19.0 Å². The zero-order valence-electron chi connectivity index (χ0n) is 14.4. The lowest BCUT2D eigenvalue weighted by Crippen LogP contribution is -2.41. The molecule has 132 valence electrons. The minimum Gasteiger partial charge on any atom is -0.381 e. The minimum absolute atomic E-state index is 0. The van der Waals surface area contributed by atoms with E-state index < -0.39 is 0 Å². The third kappa shape index (κ3) is 6.42. The number of aliphatic imine (C=N–C) groups is 1. The molecule has 2 heterocycles. The van der Waals surface area contributed by atoms with Crippen molar-refractivity contribution in [1.82, 2.24) is 15.2 Å². The summed E-state index contributed by atoms with van der Waals surface area (Å²) >= 11 is 1.65. The Balaban J connectivity index is 0.00000264. The van der Waals surface area contributed by atoms with Crippen molar-refractivity contribution >= 4 is 46.4 Å². The van der Waals surface area contributed by atoms with Gasteiger partial charge in [0.1, 0.15) is 0 Å². The van der Waals surface area contributed by atoms with E-state index in [9.17, 15) is 0 Å². The summed E-state index contributed by atoms with van der Waals surface area (Å²) in [7, 11) is 6.10. The molecule has 1 aromatic heterocycles. The maximum atomic E-state index is 5.45. The van der Waals surface area contributed by atoms with Gasteiger partial charge in [-0.15, -0.1) is 35.3 Å². The molecule has 1 N–H and O–H groups in total. The molecule has 1 aromatic rings. The van der Waals surface area contributed by atoms with Crippen LogP contribution in [0.2, 0.25) is 0 Å². The molecule has 1 unspecified atom stereocenters. The molecule has 1 atom stereocenters. The number of ether oxygens (including phenoxy) is 1. The molecular weight excluding hydrogens is 425 g/mol. The molecule has 0 radical (unpaired) electrons. The normalized spacial score (nSPS) is 17.7. The van der Waals surface area contributed by atoms with E-state index >= 15 is 0 Å². The summed E-state index contributed by atoms with van der Waals surface area (Å²) in [5.41, 5.74) is 1.02. The second kappa shape index (κ2) is 10.3. The van der Waals surface area contributed by atoms with E-state index in [0.717, 1.165) is 49.5 Å². The third-order valence-corrected chi connectivity index (χ3v) is 4.62. The molecule has 1 aliphatic rings. The number of thiazole rings is 1. The summed E-state index contributed by atoms with van der Waals surface area (Å²) in [5.74, 6) is 1.54. The first-order valence-corrected chi connectivity index (χ1v) is 8.67. The average molecular weight is 453 g/mol. The lowest BCUT2D eigenvalue weighted by Gasteiger charge is -2.24. The van der Waals surface area contributed by atoms with Crippen LogP contribution < -0.4 is 10.2 Å². The van der Waals surface area contributed by atoms with Crippen molar-refractivity contribution in [3.05, 3.63) is 11.1 Å². The van der Waals surface area contributed by atoms with Gasteiger partial charge >= 0.3 is 0 Å². The molecule has 23 heavy (non-hydrogen) atoms. The molecule has 1 fully saturated rings. The molecule has 0 spiro atoms. The van der Waals surface area contributed by atoms with Gasteiger partial charge < -0.3 is 19.9 Å². The number of guanidine groups is 1. The van der Waals surface area contributed by atoms with E-state index in [-0.39, 0.29) is 24.0 Å². The van der Waals surface area contributed by atoms with Gasteiger partial charge in [0.15, 0.2) is 11.1 Å². The van der Waals surface area contributed by atoms with Crippen LogP contribution in [-0.2, 0) is 11.3 Å². The van der Waals surface area contributed by atoms with Crippen molar-refractivity contribution in [3.63, 3.8) is 0 Å². The Morgan fingerprint density at radius 3 is 2.83 bits per heavy atom. The summed E-state index contributed by atoms with van der Waals surface area (Å²) < 4.78 is 5.45. The summed E-state index contributed by atoms with van der Waals surface area (Å²) in [6, 6.07) is 0. The van der Waals surface area contributed by atoms with E-state index in [1.807, 2.05) is 19.0 Å². The molecule has 1 saturated heterocycles. The lowest BCUT2D eigenvalue weighted by atomic mass is 10.1. The highest BCUT2D eigenvalue weighted by Crippen LogP contribution is 2.18. The lowest BCUT2D eigenvalue weighted by molar-refractivity contribution is 0.181. The van der Waals surface area contributed by atoms with Gasteiger partial charge in [0.2, 0.25) is 0 Å². The van der Waals surface area contributed by atoms with E-state index in [1.54, 1.807) is 11.3 Å². The van der Waals surface area contributed by atoms with Crippen LogP contribution in [0.15, 0.2) is 10.4 Å². The summed E-state index contributed by atoms with van der Waals surface area (Å²) in [4.78, 5) is 13.5. The fourth-order valence-corrected chi connectivity index (χ4v) is 3.15. The van der Waals surface area contributed by atoms with Gasteiger partial charge in [0, 0.05) is 52.1 Å². The Bertz CT molecular complexity index is 488. The van der Waals surface area contributed by atoms with Crippen LogP contribution >= 0.6 is 35.3 Å². The predicted octanol–water partition coefficient (Wildman–Crippen LogP) is 2.26. The van der Waals surface area contributed by atoms with Gasteiger partial charge in [-0.1, -0.05) is 0 Å². The smallest absolute Gasteiger partial charge is 0.194 e. The molecule has 0 amide bonds. The van der Waals surface area contributed by atoms with Crippen LogP contribution in [-0.4, -0.2) is 63.3 Å². The quantitative estimate of drug-likeness (QED) is 0.407. The van der Waals surface area contributed by atoms with Gasteiger partial charge in [-0.3, -0.25) is 0 Å². The van der Waals surface area contributed by atoms with Crippen LogP contribution in [0.3, 0.4) is 0 Å². The minimum atomic E-state index is 0. The van der Waals surface area contributed by atoms with Gasteiger partial charge in [0.25, 0.3) is 0 Å². The Hall–Kier alpha value is -0.610. The molecule has 1 aliphatic heterocycles. The Morgan fingerprint density at radius 2 is 2.26 bits per heavy atom. The molecule has 0 aromatic carbocycles. The standard InChI is InChI=1S/C15H27N5OS.HI/c1-5-16-14(20(4)9-12-6-7-21-10-12)17-8-13-11-22-15(18-13)19(2)3;/h11-12H,5-10H2,1-4H3,(H,16,17);1H. The highest BCUT2D eigenvalue weighted by Gasteiger charge is 2.19. The second-order valence-electron chi connectivity index (χ2n) is 5.80. The largest absolute Gasteiger partial charge is 0.381 e. The van der Waals surface area contributed by atoms with Crippen molar-refractivity contribution in [3.8, 4) is 0 Å². The predicted molar refractivity (Wildman–Crippen MR) is 108 cm³/mol. The molecule has 2 rings (SSSR count). The van der Waals surface area contributed by atoms with Crippen LogP contribution in [0.25, 0.3) is 0 Å². The topological polar surface area (TPSA) is 53.0 Å². The van der Waals surface area contributed by atoms with Crippen LogP contribution in [0, 0.1) is 5.92 Å². The van der Waals surface area contributed by atoms with Crippen molar-refractivity contribution in [2.45, 2.75) is 19.9 Å². The number of rotatable bonds is 6. The van der Waals surface area contributed by atoms with Gasteiger partial charge in [-0.25, -0.2) is 9.98 Å². The molecule has 0 aliphatic carbocycles. The average Bonchev–Trinajstić information content (AvgIpc) is 3.14. The third-order valence-electron chi connectivity index (χ3n) is 3.57. The molecule has 0 bridgehead atoms. The maximum Gasteiger partial charge on any atom is 0.194 e. The molecular formula is C15H28IN5OS. The fraction of sp³-hybridized carbons (Fsp3) is 0.733. The first kappa shape index (κ1) is 20.4. The first-order chi connectivity index (χ1) is 10.6. The number of halogens is 1. The van der Waals surface area contributed by atoms with Gasteiger partial charge in [-0.2, -0.15) is 0 Å². The van der Waals surface area contributed by atoms with Gasteiger partial charge in [-0.05, 0) is 13.3 Å². The van der Waals surface area contributed by atoms with Gasteiger partial charge in [0.05, 0.1) is 18.8 Å². The Morgan fingerprint density at radius 1 is 1.48 bits per heavy atom. The zero-order valence-corrected chi connectivity index (χ0v) is 17.6. The van der Waals surface area contributed by atoms with Crippen molar-refractivity contribution < 1.29 is 4.74 Å². The highest BCUT2D eigenvalue weighted by atomic mass is 127. The molecule has 6 nitrogen and oxygen atoms in total. The van der Waals surface area contributed by atoms with Crippen molar-refractivity contribution in [1.29, 1.82) is 0 Å². The van der Waals surface area contributed by atoms with E-state index in [4.69, 9.17) is 9.73 Å². The fourth-order valence-electron chi connectivity index (χ4n) is 2.40. The Labute approximate surface area is 160 Å². The summed E-state index contributed by atoms with van der Waals surface area (Å²) in [6.45, 7) is 6.30. The molecule has 0 saturated carbocycles. The SMILES string of the molecule is CCNC(=NCc1csc(N(C)C)n1)N(C)CC1CCOC1.I. The highest BCUT2D eigenvalue weighted by molar-refractivity contribution is 14.0. The van der Waals surface area contributed by atoms with Crippen molar-refractivity contribution in [2.24, 2.45) is 10.9 Å². The zero-order chi connectivity index (χ0) is 15.9. The monoisotopic (exact) mass is 453 g/mol. The first-order valence-electron chi connectivity index (χ1n) is 7.79. The van der Waals surface area contributed by atoms with Crippen LogP contribution in [0.4, 0.5) is 5.13 Å². The molecule has 8 heteroatoms. The number of nitrogens with zero attached hydrogens (tertiary/aromatic N) is 4. The van der Waals surface area contributed by atoms with E-state index in [0.29, 0.717) is 12.5 Å². The maximum absolute atomic E-state index is 5.45. The summed E-state index contributed by atoms with van der Waals surface area (Å²) in [6.07, 6.45) is 1.14. The number of nitrogens with one attached hydrogen (secondary N) is 1. The number of aromatic nitrogens is 1. The second-order valence-corrected chi connectivity index (χ2v) is 6.63. The summed E-state index contributed by atoms with van der Waals surface area (Å²) in [5, 5.41) is 6.45. The number of hydrogen-bond acceptors (Lipinski definition) is 5. The Kier molecular flexibility index (Phi) is 9.15.